The van der Waals surface area contributed by atoms with E-state index in [1.165, 1.54) is 17.8 Å². The fourth-order valence-electron chi connectivity index (χ4n) is 3.36. The quantitative estimate of drug-likeness (QED) is 0.503. The van der Waals surface area contributed by atoms with Crippen LogP contribution >= 0.6 is 0 Å². The van der Waals surface area contributed by atoms with Crippen molar-refractivity contribution in [3.05, 3.63) is 59.5 Å². The lowest BCUT2D eigenvalue weighted by Crippen LogP contribution is -2.48. The van der Waals surface area contributed by atoms with E-state index in [4.69, 9.17) is 10.3 Å². The number of primary amides is 1. The first-order chi connectivity index (χ1) is 14.0. The van der Waals surface area contributed by atoms with Gasteiger partial charge < -0.3 is 15.2 Å². The number of Topliss-reactive ketones (excluding diaryl/α,β-unsaturated/α-hetero) is 1. The zero-order valence-corrected chi connectivity index (χ0v) is 15.6. The number of nitrogens with two attached hydrogens (primary N) is 1. The first kappa shape index (κ1) is 18.8. The van der Waals surface area contributed by atoms with Crippen LogP contribution in [-0.4, -0.2) is 63.7 Å². The summed E-state index contributed by atoms with van der Waals surface area (Å²) in [6.45, 7) is 3.53. The van der Waals surface area contributed by atoms with Crippen LogP contribution in [0.15, 0.2) is 47.1 Å². The monoisotopic (exact) mass is 393 g/mol. The van der Waals surface area contributed by atoms with Crippen molar-refractivity contribution in [1.82, 2.24) is 19.9 Å². The molecule has 2 aromatic heterocycles. The van der Waals surface area contributed by atoms with Crippen molar-refractivity contribution < 1.29 is 18.9 Å². The Morgan fingerprint density at radius 1 is 1.07 bits per heavy atom. The SMILES string of the molecule is NC(=O)C(=O)c1onc2ncc(C(=O)N3CCN(Cc4ccccc4)CC3)cc12. The molecule has 29 heavy (non-hydrogen) atoms. The van der Waals surface area contributed by atoms with E-state index >= 15 is 0 Å². The predicted octanol–water partition coefficient (Wildman–Crippen LogP) is 0.849. The summed E-state index contributed by atoms with van der Waals surface area (Å²) in [6.07, 6.45) is 1.39. The number of aromatic nitrogens is 2. The zero-order valence-electron chi connectivity index (χ0n) is 15.6. The van der Waals surface area contributed by atoms with Crippen molar-refractivity contribution in [1.29, 1.82) is 0 Å². The van der Waals surface area contributed by atoms with Crippen LogP contribution < -0.4 is 5.73 Å². The van der Waals surface area contributed by atoms with E-state index in [1.54, 1.807) is 4.90 Å². The molecule has 1 aliphatic rings. The van der Waals surface area contributed by atoms with Crippen LogP contribution in [0.2, 0.25) is 0 Å². The van der Waals surface area contributed by atoms with Crippen molar-refractivity contribution >= 4 is 28.6 Å². The summed E-state index contributed by atoms with van der Waals surface area (Å²) < 4.78 is 4.89. The van der Waals surface area contributed by atoms with Gasteiger partial charge in [0.25, 0.3) is 17.6 Å². The van der Waals surface area contributed by atoms with Crippen molar-refractivity contribution in [3.63, 3.8) is 0 Å². The molecular formula is C20H19N5O4. The van der Waals surface area contributed by atoms with Crippen molar-refractivity contribution in [2.45, 2.75) is 6.54 Å². The maximum atomic E-state index is 12.9. The van der Waals surface area contributed by atoms with E-state index in [2.05, 4.69) is 27.2 Å². The molecule has 2 amide bonds. The molecule has 1 aliphatic heterocycles. The number of hydrogen-bond donors (Lipinski definition) is 1. The zero-order chi connectivity index (χ0) is 20.4. The van der Waals surface area contributed by atoms with Crippen LogP contribution in [0.3, 0.4) is 0 Å². The Kier molecular flexibility index (Phi) is 5.05. The minimum atomic E-state index is -1.16. The van der Waals surface area contributed by atoms with Gasteiger partial charge in [-0.1, -0.05) is 35.5 Å². The average Bonchev–Trinajstić information content (AvgIpc) is 3.17. The van der Waals surface area contributed by atoms with E-state index in [-0.39, 0.29) is 22.7 Å². The smallest absolute Gasteiger partial charge is 0.293 e. The highest BCUT2D eigenvalue weighted by Crippen LogP contribution is 2.20. The molecule has 0 spiro atoms. The van der Waals surface area contributed by atoms with Gasteiger partial charge >= 0.3 is 0 Å². The highest BCUT2D eigenvalue weighted by Gasteiger charge is 2.26. The van der Waals surface area contributed by atoms with Crippen LogP contribution in [0.5, 0.6) is 0 Å². The normalized spacial score (nSPS) is 14.8. The molecule has 0 saturated carbocycles. The maximum Gasteiger partial charge on any atom is 0.293 e. The number of nitrogens with zero attached hydrogens (tertiary/aromatic N) is 4. The Morgan fingerprint density at radius 2 is 1.79 bits per heavy atom. The van der Waals surface area contributed by atoms with Crippen LogP contribution in [0, 0.1) is 0 Å². The Hall–Kier alpha value is -3.59. The average molecular weight is 393 g/mol. The third kappa shape index (κ3) is 3.85. The van der Waals surface area contributed by atoms with Gasteiger partial charge in [-0.15, -0.1) is 0 Å². The third-order valence-electron chi connectivity index (χ3n) is 4.92. The van der Waals surface area contributed by atoms with Gasteiger partial charge in [-0.05, 0) is 11.6 Å². The Morgan fingerprint density at radius 3 is 2.48 bits per heavy atom. The summed E-state index contributed by atoms with van der Waals surface area (Å²) in [5, 5.41) is 3.84. The van der Waals surface area contributed by atoms with Crippen LogP contribution in [-0.2, 0) is 11.3 Å². The van der Waals surface area contributed by atoms with E-state index in [0.717, 1.165) is 19.6 Å². The number of fused-ring (bicyclic) bond motifs is 1. The van der Waals surface area contributed by atoms with E-state index in [0.29, 0.717) is 18.7 Å². The maximum absolute atomic E-state index is 12.9. The predicted molar refractivity (Wildman–Crippen MR) is 103 cm³/mol. The van der Waals surface area contributed by atoms with Crippen LogP contribution in [0.25, 0.3) is 11.0 Å². The molecule has 0 aliphatic carbocycles. The van der Waals surface area contributed by atoms with Crippen molar-refractivity contribution in [2.24, 2.45) is 5.73 Å². The van der Waals surface area contributed by atoms with Crippen molar-refractivity contribution in [3.8, 4) is 0 Å². The lowest BCUT2D eigenvalue weighted by atomic mass is 10.1. The molecule has 0 atom stereocenters. The second-order valence-corrected chi connectivity index (χ2v) is 6.85. The molecule has 148 valence electrons. The minimum Gasteiger partial charge on any atom is -0.363 e. The first-order valence-corrected chi connectivity index (χ1v) is 9.18. The summed E-state index contributed by atoms with van der Waals surface area (Å²) >= 11 is 0. The number of piperazine rings is 1. The largest absolute Gasteiger partial charge is 0.363 e. The van der Waals surface area contributed by atoms with Gasteiger partial charge in [0.05, 0.1) is 10.9 Å². The van der Waals surface area contributed by atoms with Gasteiger partial charge in [0.1, 0.15) is 0 Å². The van der Waals surface area contributed by atoms with Gasteiger partial charge in [-0.25, -0.2) is 4.98 Å². The molecule has 0 radical (unpaired) electrons. The van der Waals surface area contributed by atoms with Gasteiger partial charge in [0.15, 0.2) is 0 Å². The topological polar surface area (TPSA) is 123 Å². The van der Waals surface area contributed by atoms with Gasteiger partial charge in [-0.3, -0.25) is 19.3 Å². The number of pyridine rings is 1. The summed E-state index contributed by atoms with van der Waals surface area (Å²) in [5.74, 6) is -2.66. The molecule has 3 aromatic rings. The molecule has 0 unspecified atom stereocenters. The number of hydrogen-bond acceptors (Lipinski definition) is 7. The second-order valence-electron chi connectivity index (χ2n) is 6.85. The molecule has 2 N–H and O–H groups in total. The molecular weight excluding hydrogens is 374 g/mol. The second kappa shape index (κ2) is 7.80. The molecule has 1 saturated heterocycles. The van der Waals surface area contributed by atoms with Crippen LogP contribution in [0.4, 0.5) is 0 Å². The lowest BCUT2D eigenvalue weighted by molar-refractivity contribution is -0.114. The molecule has 1 fully saturated rings. The molecule has 9 nitrogen and oxygen atoms in total. The summed E-state index contributed by atoms with van der Waals surface area (Å²) in [7, 11) is 0. The van der Waals surface area contributed by atoms with Gasteiger partial charge in [0.2, 0.25) is 11.4 Å². The van der Waals surface area contributed by atoms with E-state index < -0.39 is 11.7 Å². The third-order valence-corrected chi connectivity index (χ3v) is 4.92. The first-order valence-electron chi connectivity index (χ1n) is 9.18. The lowest BCUT2D eigenvalue weighted by Gasteiger charge is -2.34. The number of rotatable bonds is 5. The fraction of sp³-hybridized carbons (Fsp3) is 0.250. The highest BCUT2D eigenvalue weighted by atomic mass is 16.5. The highest BCUT2D eigenvalue weighted by molar-refractivity contribution is 6.43. The van der Waals surface area contributed by atoms with Crippen molar-refractivity contribution in [2.75, 3.05) is 26.2 Å². The Balaban J connectivity index is 1.46. The Bertz CT molecular complexity index is 1070. The van der Waals surface area contributed by atoms with E-state index in [1.807, 2.05) is 18.2 Å². The molecule has 9 heteroatoms. The summed E-state index contributed by atoms with van der Waals surface area (Å²) in [4.78, 5) is 44.0. The Labute approximate surface area is 166 Å². The number of carbonyl (C=O) groups is 3. The number of carbonyl (C=O) groups excluding carboxylic acids is 3. The molecule has 4 rings (SSSR count). The molecule has 3 heterocycles. The number of benzene rings is 1. The summed E-state index contributed by atoms with van der Waals surface area (Å²) in [5.41, 5.74) is 6.70. The summed E-state index contributed by atoms with van der Waals surface area (Å²) in [6, 6.07) is 11.7. The minimum absolute atomic E-state index is 0.138. The number of amides is 2. The number of ketones is 1. The van der Waals surface area contributed by atoms with E-state index in [9.17, 15) is 14.4 Å². The van der Waals surface area contributed by atoms with Gasteiger partial charge in [-0.2, -0.15) is 0 Å². The van der Waals surface area contributed by atoms with Gasteiger partial charge in [0, 0.05) is 38.9 Å². The fourth-order valence-corrected chi connectivity index (χ4v) is 3.36. The molecule has 1 aromatic carbocycles. The van der Waals surface area contributed by atoms with Crippen LogP contribution in [0.1, 0.15) is 26.5 Å². The standard InChI is InChI=1S/C20H19N5O4/c21-18(27)16(26)17-15-10-14(11-22-19(15)23-29-17)20(28)25-8-6-24(7-9-25)12-13-4-2-1-3-5-13/h1-5,10-11H,6-9,12H2,(H2,21,27). The molecule has 0 bridgehead atoms.